The molecule has 0 unspecified atom stereocenters. The molecule has 1 spiro atoms. The van der Waals surface area contributed by atoms with Crippen LogP contribution in [0.15, 0.2) is 24.5 Å². The number of rotatable bonds is 2. The summed E-state index contributed by atoms with van der Waals surface area (Å²) in [6, 6.07) is 4.01. The van der Waals surface area contributed by atoms with Gasteiger partial charge < -0.3 is 9.80 Å². The number of aromatic nitrogens is 1. The molecule has 0 bridgehead atoms. The molecular formula is C17H24N4O2. The highest BCUT2D eigenvalue weighted by Gasteiger charge is 2.45. The van der Waals surface area contributed by atoms with Crippen molar-refractivity contribution < 1.29 is 9.59 Å². The van der Waals surface area contributed by atoms with E-state index in [4.69, 9.17) is 0 Å². The Bertz CT molecular complexity index is 592. The Morgan fingerprint density at radius 2 is 2.13 bits per heavy atom. The zero-order valence-corrected chi connectivity index (χ0v) is 13.9. The highest BCUT2D eigenvalue weighted by atomic mass is 16.2. The van der Waals surface area contributed by atoms with Crippen LogP contribution in [-0.4, -0.2) is 71.3 Å². The standard InChI is InChI=1S/C17H24N4O2/c1-14(22)21-7-6-20(10-15-4-3-5-18-9-15)12-17(13-21)8-16(23)19(2)11-17/h3-5,9H,6-8,10-13H2,1-2H3/t17-/m1/s1. The van der Waals surface area contributed by atoms with Gasteiger partial charge in [-0.25, -0.2) is 0 Å². The van der Waals surface area contributed by atoms with Crippen molar-refractivity contribution in [3.05, 3.63) is 30.1 Å². The fourth-order valence-electron chi connectivity index (χ4n) is 3.82. The molecule has 2 aliphatic heterocycles. The first kappa shape index (κ1) is 15.9. The molecule has 1 atom stereocenters. The molecule has 23 heavy (non-hydrogen) atoms. The molecule has 2 saturated heterocycles. The number of amides is 2. The summed E-state index contributed by atoms with van der Waals surface area (Å²) in [5.41, 5.74) is 1.01. The molecule has 2 amide bonds. The maximum Gasteiger partial charge on any atom is 0.223 e. The summed E-state index contributed by atoms with van der Waals surface area (Å²) >= 11 is 0. The smallest absolute Gasteiger partial charge is 0.223 e. The highest BCUT2D eigenvalue weighted by Crippen LogP contribution is 2.34. The molecule has 0 radical (unpaired) electrons. The molecule has 2 fully saturated rings. The quantitative estimate of drug-likeness (QED) is 0.801. The summed E-state index contributed by atoms with van der Waals surface area (Å²) in [7, 11) is 1.85. The van der Waals surface area contributed by atoms with Crippen molar-refractivity contribution in [2.45, 2.75) is 19.9 Å². The van der Waals surface area contributed by atoms with Crippen LogP contribution >= 0.6 is 0 Å². The van der Waals surface area contributed by atoms with E-state index in [-0.39, 0.29) is 17.2 Å². The number of hydrogen-bond donors (Lipinski definition) is 0. The largest absolute Gasteiger partial charge is 0.345 e. The van der Waals surface area contributed by atoms with Crippen LogP contribution in [0.3, 0.4) is 0 Å². The van der Waals surface area contributed by atoms with Crippen LogP contribution in [0, 0.1) is 5.41 Å². The van der Waals surface area contributed by atoms with Crippen LogP contribution < -0.4 is 0 Å². The molecule has 0 aliphatic carbocycles. The predicted octanol–water partition coefficient (Wildman–Crippen LogP) is 0.594. The van der Waals surface area contributed by atoms with E-state index >= 15 is 0 Å². The number of hydrogen-bond acceptors (Lipinski definition) is 4. The van der Waals surface area contributed by atoms with Crippen LogP contribution in [-0.2, 0) is 16.1 Å². The van der Waals surface area contributed by atoms with E-state index in [2.05, 4.69) is 16.0 Å². The van der Waals surface area contributed by atoms with E-state index < -0.39 is 0 Å². The first-order valence-corrected chi connectivity index (χ1v) is 8.08. The fraction of sp³-hybridized carbons (Fsp3) is 0.588. The number of nitrogens with zero attached hydrogens (tertiary/aromatic N) is 4. The number of carbonyl (C=O) groups excluding carboxylic acids is 2. The second kappa shape index (κ2) is 6.28. The zero-order valence-electron chi connectivity index (χ0n) is 13.9. The minimum Gasteiger partial charge on any atom is -0.345 e. The number of carbonyl (C=O) groups is 2. The minimum atomic E-state index is -0.157. The Kier molecular flexibility index (Phi) is 4.35. The SMILES string of the molecule is CC(=O)N1CCN(Cc2cccnc2)C[C@]2(CC(=O)N(C)C2)C1. The molecule has 0 aromatic carbocycles. The van der Waals surface area contributed by atoms with E-state index in [1.807, 2.05) is 24.2 Å². The normalized spacial score (nSPS) is 25.9. The maximum atomic E-state index is 12.1. The van der Waals surface area contributed by atoms with Gasteiger partial charge in [0.25, 0.3) is 0 Å². The molecule has 1 aromatic rings. The van der Waals surface area contributed by atoms with Gasteiger partial charge in [-0.3, -0.25) is 19.5 Å². The molecule has 6 nitrogen and oxygen atoms in total. The van der Waals surface area contributed by atoms with Crippen molar-refractivity contribution >= 4 is 11.8 Å². The lowest BCUT2D eigenvalue weighted by atomic mass is 9.86. The fourth-order valence-corrected chi connectivity index (χ4v) is 3.82. The molecule has 3 rings (SSSR count). The lowest BCUT2D eigenvalue weighted by Gasteiger charge is -2.33. The van der Waals surface area contributed by atoms with Gasteiger partial charge in [-0.2, -0.15) is 0 Å². The van der Waals surface area contributed by atoms with Gasteiger partial charge in [0.15, 0.2) is 0 Å². The first-order chi connectivity index (χ1) is 11.0. The minimum absolute atomic E-state index is 0.0922. The van der Waals surface area contributed by atoms with Gasteiger partial charge in [-0.05, 0) is 11.6 Å². The Labute approximate surface area is 137 Å². The Balaban J connectivity index is 1.80. The first-order valence-electron chi connectivity index (χ1n) is 8.08. The van der Waals surface area contributed by atoms with E-state index in [1.165, 1.54) is 0 Å². The number of likely N-dealkylation sites (tertiary alicyclic amines) is 1. The van der Waals surface area contributed by atoms with Gasteiger partial charge in [0.2, 0.25) is 11.8 Å². The van der Waals surface area contributed by atoms with E-state index in [1.54, 1.807) is 18.0 Å². The second-order valence-corrected chi connectivity index (χ2v) is 6.94. The molecule has 6 heteroatoms. The molecule has 124 valence electrons. The van der Waals surface area contributed by atoms with Crippen molar-refractivity contribution in [2.24, 2.45) is 5.41 Å². The summed E-state index contributed by atoms with van der Waals surface area (Å²) in [5, 5.41) is 0. The van der Waals surface area contributed by atoms with Gasteiger partial charge >= 0.3 is 0 Å². The topological polar surface area (TPSA) is 56.8 Å². The zero-order chi connectivity index (χ0) is 16.4. The summed E-state index contributed by atoms with van der Waals surface area (Å²) in [4.78, 5) is 34.2. The highest BCUT2D eigenvalue weighted by molar-refractivity contribution is 5.79. The average Bonchev–Trinajstić information content (AvgIpc) is 2.68. The van der Waals surface area contributed by atoms with Gasteiger partial charge in [0.05, 0.1) is 0 Å². The molecule has 0 saturated carbocycles. The third-order valence-electron chi connectivity index (χ3n) is 4.87. The van der Waals surface area contributed by atoms with Crippen molar-refractivity contribution in [1.82, 2.24) is 19.7 Å². The van der Waals surface area contributed by atoms with Crippen molar-refractivity contribution in [3.8, 4) is 0 Å². The van der Waals surface area contributed by atoms with Gasteiger partial charge in [-0.1, -0.05) is 6.07 Å². The molecule has 3 heterocycles. The van der Waals surface area contributed by atoms with Crippen molar-refractivity contribution in [2.75, 3.05) is 39.8 Å². The Hall–Kier alpha value is -1.95. The summed E-state index contributed by atoms with van der Waals surface area (Å²) < 4.78 is 0. The molecule has 1 aromatic heterocycles. The Morgan fingerprint density at radius 1 is 1.30 bits per heavy atom. The lowest BCUT2D eigenvalue weighted by molar-refractivity contribution is -0.130. The maximum absolute atomic E-state index is 12.1. The van der Waals surface area contributed by atoms with Crippen LogP contribution in [0.4, 0.5) is 0 Å². The summed E-state index contributed by atoms with van der Waals surface area (Å²) in [5.74, 6) is 0.270. The van der Waals surface area contributed by atoms with Gasteiger partial charge in [0, 0.05) is 77.5 Å². The van der Waals surface area contributed by atoms with Gasteiger partial charge in [0.1, 0.15) is 0 Å². The third kappa shape index (κ3) is 3.52. The van der Waals surface area contributed by atoms with Crippen LogP contribution in [0.2, 0.25) is 0 Å². The average molecular weight is 316 g/mol. The van der Waals surface area contributed by atoms with Crippen molar-refractivity contribution in [3.63, 3.8) is 0 Å². The second-order valence-electron chi connectivity index (χ2n) is 6.94. The van der Waals surface area contributed by atoms with E-state index in [0.717, 1.165) is 38.3 Å². The predicted molar refractivity (Wildman–Crippen MR) is 86.5 cm³/mol. The molecular weight excluding hydrogens is 292 g/mol. The van der Waals surface area contributed by atoms with Gasteiger partial charge in [-0.15, -0.1) is 0 Å². The lowest BCUT2D eigenvalue weighted by Crippen LogP contribution is -2.43. The van der Waals surface area contributed by atoms with E-state index in [9.17, 15) is 9.59 Å². The van der Waals surface area contributed by atoms with Crippen LogP contribution in [0.1, 0.15) is 18.9 Å². The molecule has 0 N–H and O–H groups in total. The monoisotopic (exact) mass is 316 g/mol. The van der Waals surface area contributed by atoms with Crippen LogP contribution in [0.25, 0.3) is 0 Å². The summed E-state index contributed by atoms with van der Waals surface area (Å²) in [6.07, 6.45) is 4.18. The van der Waals surface area contributed by atoms with Crippen molar-refractivity contribution in [1.29, 1.82) is 0 Å². The third-order valence-corrected chi connectivity index (χ3v) is 4.87. The number of pyridine rings is 1. The molecule has 2 aliphatic rings. The van der Waals surface area contributed by atoms with E-state index in [0.29, 0.717) is 13.0 Å². The van der Waals surface area contributed by atoms with Crippen LogP contribution in [0.5, 0.6) is 0 Å². The summed E-state index contributed by atoms with van der Waals surface area (Å²) in [6.45, 7) is 6.19. The Morgan fingerprint density at radius 3 is 2.74 bits per heavy atom.